The number of rotatable bonds is 7. The van der Waals surface area contributed by atoms with Gasteiger partial charge in [0.15, 0.2) is 14.6 Å². The molecule has 1 fully saturated rings. The van der Waals surface area contributed by atoms with Crippen molar-refractivity contribution in [2.45, 2.75) is 24.6 Å². The van der Waals surface area contributed by atoms with E-state index in [1.54, 1.807) is 12.3 Å². The molecule has 1 saturated carbocycles. The lowest BCUT2D eigenvalue weighted by Gasteiger charge is -2.27. The molecule has 10 nitrogen and oxygen atoms in total. The number of hydrogen-bond donors (Lipinski definition) is 4. The van der Waals surface area contributed by atoms with Crippen molar-refractivity contribution in [2.24, 2.45) is 17.8 Å². The molecule has 1 unspecified atom stereocenters. The molecular weight excluding hydrogens is 438 g/mol. The Morgan fingerprint density at radius 1 is 1.28 bits per heavy atom. The van der Waals surface area contributed by atoms with Crippen LogP contribution < -0.4 is 5.48 Å². The van der Waals surface area contributed by atoms with Crippen LogP contribution in [0.1, 0.15) is 24.6 Å². The van der Waals surface area contributed by atoms with Crippen LogP contribution in [0.5, 0.6) is 0 Å². The van der Waals surface area contributed by atoms with Gasteiger partial charge in [-0.1, -0.05) is 11.8 Å². The van der Waals surface area contributed by atoms with Crippen molar-refractivity contribution in [3.05, 3.63) is 23.5 Å². The van der Waals surface area contributed by atoms with Crippen LogP contribution in [0.25, 0.3) is 0 Å². The molecule has 0 bridgehead atoms. The van der Waals surface area contributed by atoms with Crippen LogP contribution in [-0.4, -0.2) is 76.0 Å². The first kappa shape index (κ1) is 23.8. The second-order valence-corrected chi connectivity index (χ2v) is 10.7. The lowest BCUT2D eigenvalue weighted by Crippen LogP contribution is -2.50. The summed E-state index contributed by atoms with van der Waals surface area (Å²) in [5.74, 6) is 10.1. The minimum atomic E-state index is -3.85. The highest BCUT2D eigenvalue weighted by atomic mass is 32.2. The topological polar surface area (TPSA) is 149 Å². The van der Waals surface area contributed by atoms with E-state index in [1.165, 1.54) is 21.9 Å². The number of aromatic nitrogens is 1. The first-order valence-electron chi connectivity index (χ1n) is 9.95. The molecule has 172 valence electrons. The van der Waals surface area contributed by atoms with E-state index in [0.29, 0.717) is 11.3 Å². The largest absolute Gasteiger partial charge is 0.396 e. The first-order chi connectivity index (χ1) is 15.1. The van der Waals surface area contributed by atoms with Crippen molar-refractivity contribution in [2.75, 3.05) is 26.0 Å². The minimum absolute atomic E-state index is 0.00340. The predicted molar refractivity (Wildman–Crippen MR) is 113 cm³/mol. The summed E-state index contributed by atoms with van der Waals surface area (Å²) in [5, 5.41) is 27.2. The summed E-state index contributed by atoms with van der Waals surface area (Å²) in [6.45, 7) is 1.40. The van der Waals surface area contributed by atoms with E-state index in [9.17, 15) is 28.2 Å². The monoisotopic (exact) mass is 463 g/mol. The maximum Gasteiger partial charge on any atom is 0.328 e. The summed E-state index contributed by atoms with van der Waals surface area (Å²) in [6.07, 6.45) is 2.29. The van der Waals surface area contributed by atoms with Crippen LogP contribution in [0.2, 0.25) is 0 Å². The second kappa shape index (κ2) is 8.96. The van der Waals surface area contributed by atoms with Crippen LogP contribution in [0, 0.1) is 41.4 Å². The fourth-order valence-electron chi connectivity index (χ4n) is 3.78. The van der Waals surface area contributed by atoms with Crippen molar-refractivity contribution >= 4 is 21.8 Å². The Labute approximate surface area is 186 Å². The van der Waals surface area contributed by atoms with Gasteiger partial charge >= 0.3 is 6.03 Å². The molecule has 1 aromatic rings. The Kier molecular flexibility index (Phi) is 6.67. The highest BCUT2D eigenvalue weighted by Gasteiger charge is 2.48. The SMILES string of the molecule is C[C@@](CCN1Cc2cc(C#CC#CC3[C@@H](CO)[C@H]3CO)cn2C1=O)(C(=O)NO)S(C)(=O)=O. The van der Waals surface area contributed by atoms with E-state index in [2.05, 4.69) is 23.7 Å². The zero-order valence-electron chi connectivity index (χ0n) is 17.7. The molecule has 2 amide bonds. The minimum Gasteiger partial charge on any atom is -0.396 e. The Balaban J connectivity index is 1.63. The fourth-order valence-corrected chi connectivity index (χ4v) is 4.62. The molecule has 0 radical (unpaired) electrons. The predicted octanol–water partition coefficient (Wildman–Crippen LogP) is -0.828. The fraction of sp³-hybridized carbons (Fsp3) is 0.524. The zero-order valence-corrected chi connectivity index (χ0v) is 18.5. The van der Waals surface area contributed by atoms with Crippen LogP contribution in [-0.2, 0) is 21.2 Å². The number of aliphatic hydroxyl groups excluding tert-OH is 2. The van der Waals surface area contributed by atoms with Gasteiger partial charge in [0.2, 0.25) is 0 Å². The third-order valence-corrected chi connectivity index (χ3v) is 8.28. The number of fused-ring (bicyclic) bond motifs is 1. The highest BCUT2D eigenvalue weighted by molar-refractivity contribution is 7.92. The molecular formula is C21H25N3O7S. The highest BCUT2D eigenvalue weighted by Crippen LogP contribution is 2.44. The maximum absolute atomic E-state index is 12.6. The average molecular weight is 464 g/mol. The normalized spacial score (nSPS) is 23.3. The molecule has 32 heavy (non-hydrogen) atoms. The number of amides is 2. The van der Waals surface area contributed by atoms with Gasteiger partial charge in [0.05, 0.1) is 6.54 Å². The summed E-state index contributed by atoms with van der Waals surface area (Å²) in [5.41, 5.74) is 2.65. The van der Waals surface area contributed by atoms with E-state index in [4.69, 9.17) is 5.21 Å². The van der Waals surface area contributed by atoms with Gasteiger partial charge in [-0.15, -0.1) is 0 Å². The number of carbonyl (C=O) groups is 2. The van der Waals surface area contributed by atoms with Crippen LogP contribution in [0.4, 0.5) is 4.79 Å². The van der Waals surface area contributed by atoms with Gasteiger partial charge in [0.25, 0.3) is 5.91 Å². The number of hydroxylamine groups is 1. The number of nitrogens with one attached hydrogen (secondary N) is 1. The van der Waals surface area contributed by atoms with Crippen molar-refractivity contribution in [1.29, 1.82) is 0 Å². The third-order valence-electron chi connectivity index (χ3n) is 6.25. The Morgan fingerprint density at radius 2 is 1.94 bits per heavy atom. The van der Waals surface area contributed by atoms with E-state index >= 15 is 0 Å². The van der Waals surface area contributed by atoms with Crippen molar-refractivity contribution in [1.82, 2.24) is 14.9 Å². The van der Waals surface area contributed by atoms with Crippen LogP contribution in [0.3, 0.4) is 0 Å². The Morgan fingerprint density at radius 3 is 2.47 bits per heavy atom. The lowest BCUT2D eigenvalue weighted by atomic mass is 10.1. The van der Waals surface area contributed by atoms with Crippen molar-refractivity contribution in [3.63, 3.8) is 0 Å². The van der Waals surface area contributed by atoms with Gasteiger partial charge in [0.1, 0.15) is 0 Å². The number of aliphatic hydroxyl groups is 2. The van der Waals surface area contributed by atoms with E-state index in [1.807, 2.05) is 0 Å². The van der Waals surface area contributed by atoms with Crippen molar-refractivity contribution < 1.29 is 33.4 Å². The van der Waals surface area contributed by atoms with Crippen LogP contribution >= 0.6 is 0 Å². The van der Waals surface area contributed by atoms with Gasteiger partial charge in [-0.25, -0.2) is 18.7 Å². The smallest absolute Gasteiger partial charge is 0.328 e. The summed E-state index contributed by atoms with van der Waals surface area (Å²) in [6, 6.07) is 1.36. The molecule has 0 spiro atoms. The Bertz CT molecular complexity index is 1140. The van der Waals surface area contributed by atoms with Gasteiger partial charge < -0.3 is 15.1 Å². The molecule has 1 aliphatic carbocycles. The van der Waals surface area contributed by atoms with Gasteiger partial charge in [-0.3, -0.25) is 14.6 Å². The summed E-state index contributed by atoms with van der Waals surface area (Å²) in [7, 11) is -3.85. The molecule has 0 saturated heterocycles. The van der Waals surface area contributed by atoms with Gasteiger partial charge in [-0.2, -0.15) is 0 Å². The zero-order chi connectivity index (χ0) is 23.7. The van der Waals surface area contributed by atoms with Crippen molar-refractivity contribution in [3.8, 4) is 23.7 Å². The number of sulfone groups is 1. The van der Waals surface area contributed by atoms with Gasteiger partial charge in [-0.05, 0) is 31.3 Å². The third kappa shape index (κ3) is 4.38. The molecule has 1 aliphatic heterocycles. The summed E-state index contributed by atoms with van der Waals surface area (Å²) in [4.78, 5) is 26.0. The van der Waals surface area contributed by atoms with E-state index in [-0.39, 0.29) is 56.5 Å². The first-order valence-corrected chi connectivity index (χ1v) is 11.8. The molecule has 11 heteroatoms. The van der Waals surface area contributed by atoms with E-state index < -0.39 is 20.5 Å². The lowest BCUT2D eigenvalue weighted by molar-refractivity contribution is -0.131. The van der Waals surface area contributed by atoms with Gasteiger partial charge in [0, 0.05) is 61.2 Å². The molecule has 2 aliphatic rings. The van der Waals surface area contributed by atoms with Crippen LogP contribution in [0.15, 0.2) is 12.3 Å². The average Bonchev–Trinajstić information content (AvgIpc) is 3.16. The number of carbonyl (C=O) groups excluding carboxylic acids is 2. The Hall–Kier alpha value is -2.83. The molecule has 4 N–H and O–H groups in total. The number of hydrogen-bond acceptors (Lipinski definition) is 7. The molecule has 4 atom stereocenters. The summed E-state index contributed by atoms with van der Waals surface area (Å²) >= 11 is 0. The molecule has 3 rings (SSSR count). The second-order valence-electron chi connectivity index (χ2n) is 8.23. The summed E-state index contributed by atoms with van der Waals surface area (Å²) < 4.78 is 23.7. The maximum atomic E-state index is 12.6. The molecule has 0 aromatic carbocycles. The van der Waals surface area contributed by atoms with E-state index in [0.717, 1.165) is 6.26 Å². The molecule has 2 heterocycles. The quantitative estimate of drug-likeness (QED) is 0.234. The standard InChI is InChI=1S/C21H25N3O7S/c1-21(19(27)22-29,32(2,30)31)7-8-23-11-15-9-14(10-24(15)20(23)28)5-3-4-6-16-17(12-25)18(16)13-26/h9-10,16-18,25-26,29H,7-8,11-13H2,1-2H3,(H,22,27)/t16?,17-,18+,21-/m1/s1. The number of nitrogens with zero attached hydrogens (tertiary/aromatic N) is 2. The molecule has 1 aromatic heterocycles.